The number of amides is 1. The summed E-state index contributed by atoms with van der Waals surface area (Å²) >= 11 is 0. The zero-order valence-corrected chi connectivity index (χ0v) is 14.9. The van der Waals surface area contributed by atoms with Gasteiger partial charge >= 0.3 is 5.69 Å². The van der Waals surface area contributed by atoms with E-state index in [-0.39, 0.29) is 24.0 Å². The van der Waals surface area contributed by atoms with Gasteiger partial charge in [0.25, 0.3) is 5.56 Å². The summed E-state index contributed by atoms with van der Waals surface area (Å²) in [4.78, 5) is 38.0. The van der Waals surface area contributed by atoms with Crippen LogP contribution >= 0.6 is 0 Å². The third kappa shape index (κ3) is 3.70. The monoisotopic (exact) mass is 389 g/mol. The van der Waals surface area contributed by atoms with Crippen molar-refractivity contribution >= 4 is 16.8 Å². The largest absolute Gasteiger partial charge is 0.383 e. The summed E-state index contributed by atoms with van der Waals surface area (Å²) in [5.74, 6) is -2.38. The third-order valence-electron chi connectivity index (χ3n) is 4.13. The van der Waals surface area contributed by atoms with E-state index in [0.29, 0.717) is 17.2 Å². The van der Waals surface area contributed by atoms with Crippen LogP contribution in [0, 0.1) is 11.6 Å². The number of nitrogens with one attached hydrogen (secondary N) is 1. The third-order valence-corrected chi connectivity index (χ3v) is 4.13. The zero-order chi connectivity index (χ0) is 20.3. The average Bonchev–Trinajstić information content (AvgIpc) is 2.67. The van der Waals surface area contributed by atoms with Crippen molar-refractivity contribution in [3.05, 3.63) is 74.9 Å². The van der Waals surface area contributed by atoms with Gasteiger partial charge < -0.3 is 10.1 Å². The Labute approximate surface area is 157 Å². The molecule has 0 saturated carbocycles. The van der Waals surface area contributed by atoms with Crippen LogP contribution < -0.4 is 16.6 Å². The van der Waals surface area contributed by atoms with Gasteiger partial charge in [0.2, 0.25) is 5.91 Å². The lowest BCUT2D eigenvalue weighted by Gasteiger charge is -2.14. The molecular weight excluding hydrogens is 372 g/mol. The highest BCUT2D eigenvalue weighted by Gasteiger charge is 2.18. The molecule has 1 N–H and O–H groups in total. The number of ether oxygens (including phenoxy) is 1. The number of aromatic nitrogens is 2. The zero-order valence-electron chi connectivity index (χ0n) is 14.9. The summed E-state index contributed by atoms with van der Waals surface area (Å²) in [5.41, 5.74) is -1.83. The quantitative estimate of drug-likeness (QED) is 0.642. The smallest absolute Gasteiger partial charge is 0.336 e. The van der Waals surface area contributed by atoms with Crippen molar-refractivity contribution in [2.24, 2.45) is 0 Å². The molecule has 0 aliphatic rings. The number of nitrogens with zero attached hydrogens (tertiary/aromatic N) is 2. The van der Waals surface area contributed by atoms with Crippen LogP contribution in [0.3, 0.4) is 0 Å². The highest BCUT2D eigenvalue weighted by atomic mass is 19.1. The Kier molecular flexibility index (Phi) is 5.65. The number of benzene rings is 2. The molecule has 0 unspecified atom stereocenters. The second-order valence-electron chi connectivity index (χ2n) is 5.96. The number of methoxy groups -OCH3 is 1. The SMILES string of the molecule is COCCNC(=O)Cn1c(=O)n(-c2ccc(F)cc2F)c(=O)c2ccccc21. The first-order valence-corrected chi connectivity index (χ1v) is 8.39. The van der Waals surface area contributed by atoms with Crippen LogP contribution in [0.4, 0.5) is 8.78 Å². The highest BCUT2D eigenvalue weighted by Crippen LogP contribution is 2.14. The predicted octanol–water partition coefficient (Wildman–Crippen LogP) is 1.19. The van der Waals surface area contributed by atoms with Gasteiger partial charge in [0, 0.05) is 19.7 Å². The van der Waals surface area contributed by atoms with Gasteiger partial charge in [-0.05, 0) is 24.3 Å². The summed E-state index contributed by atoms with van der Waals surface area (Å²) in [7, 11) is 1.48. The Morgan fingerprint density at radius 1 is 1.14 bits per heavy atom. The number of halogens is 2. The van der Waals surface area contributed by atoms with E-state index in [4.69, 9.17) is 4.74 Å². The van der Waals surface area contributed by atoms with Crippen molar-refractivity contribution < 1.29 is 18.3 Å². The normalized spacial score (nSPS) is 11.0. The number of hydrogen-bond donors (Lipinski definition) is 1. The average molecular weight is 389 g/mol. The molecule has 0 atom stereocenters. The summed E-state index contributed by atoms with van der Waals surface area (Å²) in [6.45, 7) is 0.155. The molecule has 3 aromatic rings. The van der Waals surface area contributed by atoms with E-state index in [2.05, 4.69) is 5.32 Å². The van der Waals surface area contributed by atoms with Crippen molar-refractivity contribution in [1.82, 2.24) is 14.5 Å². The maximum atomic E-state index is 14.3. The molecule has 0 radical (unpaired) electrons. The lowest BCUT2D eigenvalue weighted by Crippen LogP contribution is -2.42. The Balaban J connectivity index is 2.19. The minimum atomic E-state index is -1.06. The summed E-state index contributed by atoms with van der Waals surface area (Å²) in [6.07, 6.45) is 0. The summed E-state index contributed by atoms with van der Waals surface area (Å²) in [5, 5.41) is 2.70. The fourth-order valence-electron chi connectivity index (χ4n) is 2.84. The number of hydrogen-bond acceptors (Lipinski definition) is 4. The van der Waals surface area contributed by atoms with E-state index >= 15 is 0 Å². The Hall–Kier alpha value is -3.33. The fourth-order valence-corrected chi connectivity index (χ4v) is 2.84. The van der Waals surface area contributed by atoms with Crippen molar-refractivity contribution in [2.45, 2.75) is 6.54 Å². The molecule has 146 valence electrons. The van der Waals surface area contributed by atoms with Crippen LogP contribution in [0.5, 0.6) is 0 Å². The van der Waals surface area contributed by atoms with Crippen molar-refractivity contribution in [3.8, 4) is 5.69 Å². The van der Waals surface area contributed by atoms with Crippen LogP contribution in [0.25, 0.3) is 16.6 Å². The predicted molar refractivity (Wildman–Crippen MR) is 98.6 cm³/mol. The van der Waals surface area contributed by atoms with Gasteiger partial charge in [-0.1, -0.05) is 12.1 Å². The fraction of sp³-hybridized carbons (Fsp3) is 0.211. The van der Waals surface area contributed by atoms with E-state index in [1.54, 1.807) is 12.1 Å². The van der Waals surface area contributed by atoms with Gasteiger partial charge in [-0.3, -0.25) is 14.2 Å². The number of fused-ring (bicyclic) bond motifs is 1. The molecule has 2 aromatic carbocycles. The summed E-state index contributed by atoms with van der Waals surface area (Å²) < 4.78 is 34.0. The Bertz CT molecular complexity index is 1150. The van der Waals surface area contributed by atoms with Gasteiger partial charge in [-0.25, -0.2) is 18.1 Å². The maximum Gasteiger partial charge on any atom is 0.336 e. The molecule has 0 saturated heterocycles. The molecule has 0 aliphatic heterocycles. The second kappa shape index (κ2) is 8.13. The molecule has 0 bridgehead atoms. The first-order valence-electron chi connectivity index (χ1n) is 8.39. The van der Waals surface area contributed by atoms with Crippen molar-refractivity contribution in [2.75, 3.05) is 20.3 Å². The minimum absolute atomic E-state index is 0.121. The molecule has 0 aliphatic carbocycles. The van der Waals surface area contributed by atoms with E-state index in [1.807, 2.05) is 0 Å². The van der Waals surface area contributed by atoms with Crippen LogP contribution in [0.2, 0.25) is 0 Å². The van der Waals surface area contributed by atoms with Crippen LogP contribution in [0.15, 0.2) is 52.1 Å². The summed E-state index contributed by atoms with van der Waals surface area (Å²) in [6, 6.07) is 8.72. The maximum absolute atomic E-state index is 14.3. The molecule has 0 spiro atoms. The molecular formula is C19H17F2N3O4. The van der Waals surface area contributed by atoms with Crippen LogP contribution in [-0.4, -0.2) is 35.3 Å². The van der Waals surface area contributed by atoms with E-state index in [0.717, 1.165) is 16.7 Å². The number of para-hydroxylation sites is 1. The van der Waals surface area contributed by atoms with E-state index in [9.17, 15) is 23.2 Å². The molecule has 1 amide bonds. The standard InChI is InChI=1S/C19H17F2N3O4/c1-28-9-8-22-17(25)11-23-15-5-3-2-4-13(15)18(26)24(19(23)27)16-7-6-12(20)10-14(16)21/h2-7,10H,8-9,11H2,1H3,(H,22,25). The van der Waals surface area contributed by atoms with Gasteiger partial charge in [0.15, 0.2) is 0 Å². The Morgan fingerprint density at radius 3 is 2.61 bits per heavy atom. The topological polar surface area (TPSA) is 82.3 Å². The molecule has 7 nitrogen and oxygen atoms in total. The lowest BCUT2D eigenvalue weighted by molar-refractivity contribution is -0.121. The molecule has 28 heavy (non-hydrogen) atoms. The molecule has 1 heterocycles. The van der Waals surface area contributed by atoms with Crippen molar-refractivity contribution in [1.29, 1.82) is 0 Å². The Morgan fingerprint density at radius 2 is 1.89 bits per heavy atom. The lowest BCUT2D eigenvalue weighted by atomic mass is 10.2. The molecule has 0 fully saturated rings. The van der Waals surface area contributed by atoms with Crippen molar-refractivity contribution in [3.63, 3.8) is 0 Å². The molecule has 9 heteroatoms. The van der Waals surface area contributed by atoms with Gasteiger partial charge in [0.05, 0.1) is 23.2 Å². The first-order chi connectivity index (χ1) is 13.4. The number of carbonyl (C=O) groups excluding carboxylic acids is 1. The molecule has 3 rings (SSSR count). The number of carbonyl (C=O) groups is 1. The first kappa shape index (κ1) is 19.4. The van der Waals surface area contributed by atoms with Crippen LogP contribution in [-0.2, 0) is 16.1 Å². The minimum Gasteiger partial charge on any atom is -0.383 e. The van der Waals surface area contributed by atoms with Gasteiger partial charge in [0.1, 0.15) is 18.2 Å². The highest BCUT2D eigenvalue weighted by molar-refractivity contribution is 5.81. The number of rotatable bonds is 6. The van der Waals surface area contributed by atoms with E-state index < -0.39 is 34.5 Å². The van der Waals surface area contributed by atoms with E-state index in [1.165, 1.54) is 19.2 Å². The molecule has 1 aromatic heterocycles. The van der Waals surface area contributed by atoms with Gasteiger partial charge in [-0.15, -0.1) is 0 Å². The van der Waals surface area contributed by atoms with Crippen LogP contribution in [0.1, 0.15) is 0 Å². The second-order valence-corrected chi connectivity index (χ2v) is 5.96. The van der Waals surface area contributed by atoms with Gasteiger partial charge in [-0.2, -0.15) is 0 Å².